The van der Waals surface area contributed by atoms with Gasteiger partial charge in [-0.3, -0.25) is 4.98 Å². The fraction of sp³-hybridized carbons (Fsp3) is 0.417. The van der Waals surface area contributed by atoms with Crippen molar-refractivity contribution in [1.29, 1.82) is 0 Å². The van der Waals surface area contributed by atoms with Crippen molar-refractivity contribution in [2.45, 2.75) is 26.4 Å². The first-order valence-electron chi connectivity index (χ1n) is 5.17. The summed E-state index contributed by atoms with van der Waals surface area (Å²) >= 11 is 1.72. The Morgan fingerprint density at radius 3 is 2.93 bits per heavy atom. The summed E-state index contributed by atoms with van der Waals surface area (Å²) in [6.07, 6.45) is 2.16. The summed E-state index contributed by atoms with van der Waals surface area (Å²) < 4.78 is 1.25. The fourth-order valence-electron chi connectivity index (χ4n) is 1.55. The third-order valence-electron chi connectivity index (χ3n) is 2.63. The minimum atomic E-state index is -0.303. The number of hydrogen-bond acceptors (Lipinski definition) is 3. The second kappa shape index (κ2) is 4.29. The second-order valence-corrected chi connectivity index (χ2v) is 5.05. The van der Waals surface area contributed by atoms with Crippen LogP contribution in [-0.4, -0.2) is 16.2 Å². The molecule has 0 amide bonds. The van der Waals surface area contributed by atoms with Gasteiger partial charge in [-0.2, -0.15) is 0 Å². The van der Waals surface area contributed by atoms with Crippen molar-refractivity contribution >= 4 is 21.4 Å². The summed E-state index contributed by atoms with van der Waals surface area (Å²) in [5.41, 5.74) is 1.01. The molecule has 3 heteroatoms. The first kappa shape index (κ1) is 10.6. The first-order chi connectivity index (χ1) is 7.18. The van der Waals surface area contributed by atoms with Gasteiger partial charge < -0.3 is 5.11 Å². The van der Waals surface area contributed by atoms with Crippen molar-refractivity contribution in [3.63, 3.8) is 0 Å². The van der Waals surface area contributed by atoms with Gasteiger partial charge in [0.1, 0.15) is 0 Å². The molecule has 0 saturated carbocycles. The number of rotatable bonds is 3. The maximum absolute atomic E-state index is 9.84. The molecule has 2 rings (SSSR count). The van der Waals surface area contributed by atoms with E-state index in [0.717, 1.165) is 5.69 Å². The van der Waals surface area contributed by atoms with E-state index in [-0.39, 0.29) is 12.0 Å². The van der Waals surface area contributed by atoms with Crippen LogP contribution >= 0.6 is 11.3 Å². The third kappa shape index (κ3) is 2.19. The van der Waals surface area contributed by atoms with E-state index in [1.165, 1.54) is 10.1 Å². The highest BCUT2D eigenvalue weighted by atomic mass is 32.1. The monoisotopic (exact) mass is 221 g/mol. The van der Waals surface area contributed by atoms with Gasteiger partial charge in [0.15, 0.2) is 0 Å². The number of fused-ring (bicyclic) bond motifs is 1. The summed E-state index contributed by atoms with van der Waals surface area (Å²) in [4.78, 5) is 4.35. The van der Waals surface area contributed by atoms with Crippen LogP contribution in [0.25, 0.3) is 10.1 Å². The van der Waals surface area contributed by atoms with Crippen molar-refractivity contribution < 1.29 is 5.11 Å². The third-order valence-corrected chi connectivity index (χ3v) is 3.52. The van der Waals surface area contributed by atoms with Crippen LogP contribution in [0.2, 0.25) is 0 Å². The molecule has 0 fully saturated rings. The van der Waals surface area contributed by atoms with E-state index in [2.05, 4.69) is 16.4 Å². The molecule has 2 nitrogen and oxygen atoms in total. The number of nitrogens with zero attached hydrogens (tertiary/aromatic N) is 1. The Bertz CT molecular complexity index is 450. The van der Waals surface area contributed by atoms with Gasteiger partial charge in [0.05, 0.1) is 11.8 Å². The quantitative estimate of drug-likeness (QED) is 0.864. The van der Waals surface area contributed by atoms with Crippen LogP contribution in [0.3, 0.4) is 0 Å². The predicted octanol–water partition coefficient (Wildman–Crippen LogP) is 2.86. The standard InChI is InChI=1S/C12H15NOS/c1-8(2)11(14)7-10-9-4-6-15-12(9)3-5-13-10/h3-6,8,11,14H,7H2,1-2H3. The number of aromatic nitrogens is 1. The largest absolute Gasteiger partial charge is 0.392 e. The fourth-order valence-corrected chi connectivity index (χ4v) is 2.35. The van der Waals surface area contributed by atoms with Gasteiger partial charge in [0.25, 0.3) is 0 Å². The van der Waals surface area contributed by atoms with Crippen LogP contribution in [0.1, 0.15) is 19.5 Å². The zero-order chi connectivity index (χ0) is 10.8. The predicted molar refractivity (Wildman–Crippen MR) is 64.2 cm³/mol. The van der Waals surface area contributed by atoms with Crippen LogP contribution in [0, 0.1) is 5.92 Å². The maximum atomic E-state index is 9.84. The van der Waals surface area contributed by atoms with Crippen molar-refractivity contribution in [1.82, 2.24) is 4.98 Å². The molecule has 15 heavy (non-hydrogen) atoms. The second-order valence-electron chi connectivity index (χ2n) is 4.11. The molecule has 1 N–H and O–H groups in total. The van der Waals surface area contributed by atoms with Crippen molar-refractivity contribution in [2.75, 3.05) is 0 Å². The topological polar surface area (TPSA) is 33.1 Å². The number of pyridine rings is 1. The summed E-state index contributed by atoms with van der Waals surface area (Å²) in [6.45, 7) is 4.05. The molecule has 2 aromatic rings. The van der Waals surface area contributed by atoms with Crippen molar-refractivity contribution in [3.8, 4) is 0 Å². The molecule has 1 unspecified atom stereocenters. The molecular weight excluding hydrogens is 206 g/mol. The van der Waals surface area contributed by atoms with Gasteiger partial charge in [-0.1, -0.05) is 13.8 Å². The highest BCUT2D eigenvalue weighted by Gasteiger charge is 2.13. The maximum Gasteiger partial charge on any atom is 0.0618 e. The zero-order valence-electron chi connectivity index (χ0n) is 8.97. The van der Waals surface area contributed by atoms with Gasteiger partial charge in [-0.25, -0.2) is 0 Å². The van der Waals surface area contributed by atoms with E-state index >= 15 is 0 Å². The lowest BCUT2D eigenvalue weighted by Crippen LogP contribution is -2.18. The molecule has 2 heterocycles. The van der Waals surface area contributed by atoms with Gasteiger partial charge in [-0.05, 0) is 23.4 Å². The van der Waals surface area contributed by atoms with Crippen molar-refractivity contribution in [3.05, 3.63) is 29.4 Å². The Kier molecular flexibility index (Phi) is 3.03. The molecule has 0 aliphatic carbocycles. The molecular formula is C12H15NOS. The molecule has 0 bridgehead atoms. The molecule has 0 radical (unpaired) electrons. The number of aliphatic hydroxyl groups excluding tert-OH is 1. The van der Waals surface area contributed by atoms with E-state index in [1.807, 2.05) is 26.1 Å². The summed E-state index contributed by atoms with van der Waals surface area (Å²) in [6, 6.07) is 4.10. The molecule has 0 spiro atoms. The van der Waals surface area contributed by atoms with Gasteiger partial charge in [-0.15, -0.1) is 11.3 Å². The Balaban J connectivity index is 2.31. The molecule has 80 valence electrons. The normalized spacial score (nSPS) is 13.6. The molecule has 1 atom stereocenters. The number of aliphatic hydroxyl groups is 1. The minimum Gasteiger partial charge on any atom is -0.392 e. The molecule has 0 aliphatic rings. The lowest BCUT2D eigenvalue weighted by atomic mass is 10.0. The highest BCUT2D eigenvalue weighted by molar-refractivity contribution is 7.17. The molecule has 0 aromatic carbocycles. The lowest BCUT2D eigenvalue weighted by molar-refractivity contribution is 0.125. The summed E-state index contributed by atoms with van der Waals surface area (Å²) in [7, 11) is 0. The summed E-state index contributed by atoms with van der Waals surface area (Å²) in [5.74, 6) is 0.278. The van der Waals surface area contributed by atoms with E-state index in [4.69, 9.17) is 0 Å². The van der Waals surface area contributed by atoms with Crippen LogP contribution in [0.4, 0.5) is 0 Å². The molecule has 0 aliphatic heterocycles. The van der Waals surface area contributed by atoms with Gasteiger partial charge >= 0.3 is 0 Å². The van der Waals surface area contributed by atoms with Crippen LogP contribution in [-0.2, 0) is 6.42 Å². The average molecular weight is 221 g/mol. The Morgan fingerprint density at radius 2 is 2.20 bits per heavy atom. The van der Waals surface area contributed by atoms with Crippen LogP contribution in [0.15, 0.2) is 23.7 Å². The van der Waals surface area contributed by atoms with E-state index in [0.29, 0.717) is 6.42 Å². The highest BCUT2D eigenvalue weighted by Crippen LogP contribution is 2.24. The van der Waals surface area contributed by atoms with Crippen molar-refractivity contribution in [2.24, 2.45) is 5.92 Å². The summed E-state index contributed by atoms with van der Waals surface area (Å²) in [5, 5.41) is 13.1. The zero-order valence-corrected chi connectivity index (χ0v) is 9.79. The number of hydrogen-bond donors (Lipinski definition) is 1. The smallest absolute Gasteiger partial charge is 0.0618 e. The lowest BCUT2D eigenvalue weighted by Gasteiger charge is -2.13. The molecule has 2 aromatic heterocycles. The average Bonchev–Trinajstić information content (AvgIpc) is 2.66. The Hall–Kier alpha value is -0.930. The molecule has 0 saturated heterocycles. The minimum absolute atomic E-state index is 0.278. The van der Waals surface area contributed by atoms with Crippen LogP contribution < -0.4 is 0 Å². The Morgan fingerprint density at radius 1 is 1.40 bits per heavy atom. The van der Waals surface area contributed by atoms with E-state index in [9.17, 15) is 5.11 Å². The number of thiophene rings is 1. The van der Waals surface area contributed by atoms with E-state index in [1.54, 1.807) is 11.3 Å². The van der Waals surface area contributed by atoms with Gasteiger partial charge in [0, 0.05) is 22.7 Å². The van der Waals surface area contributed by atoms with Gasteiger partial charge in [0.2, 0.25) is 0 Å². The Labute approximate surface area is 93.6 Å². The van der Waals surface area contributed by atoms with Crippen LogP contribution in [0.5, 0.6) is 0 Å². The first-order valence-corrected chi connectivity index (χ1v) is 6.05. The van der Waals surface area contributed by atoms with E-state index < -0.39 is 0 Å². The SMILES string of the molecule is CC(C)C(O)Cc1nccc2sccc12.